The van der Waals surface area contributed by atoms with Crippen LogP contribution in [-0.4, -0.2) is 20.8 Å². The first-order valence-corrected chi connectivity index (χ1v) is 8.90. The van der Waals surface area contributed by atoms with Crippen molar-refractivity contribution < 1.29 is 5.11 Å². The number of aromatic nitrogens is 2. The van der Waals surface area contributed by atoms with Crippen LogP contribution in [0.5, 0.6) is 5.75 Å². The second-order valence-corrected chi connectivity index (χ2v) is 6.53. The number of hydrogen-bond acceptors (Lipinski definition) is 5. The Hall–Kier alpha value is -2.83. The highest BCUT2D eigenvalue weighted by atomic mass is 16.3. The van der Waals surface area contributed by atoms with E-state index in [0.29, 0.717) is 5.75 Å². The number of anilines is 1. The van der Waals surface area contributed by atoms with Gasteiger partial charge in [-0.15, -0.1) is 0 Å². The molecule has 1 aliphatic heterocycles. The highest BCUT2D eigenvalue weighted by Gasteiger charge is 2.25. The molecule has 2 atom stereocenters. The van der Waals surface area contributed by atoms with Crippen molar-refractivity contribution in [3.8, 4) is 11.4 Å². The van der Waals surface area contributed by atoms with Crippen LogP contribution in [0.3, 0.4) is 0 Å². The highest BCUT2D eigenvalue weighted by Crippen LogP contribution is 2.27. The molecule has 0 spiro atoms. The number of hydrazine groups is 1. The van der Waals surface area contributed by atoms with E-state index in [9.17, 15) is 5.11 Å². The third-order valence-corrected chi connectivity index (χ3v) is 4.80. The maximum atomic E-state index is 9.65. The van der Waals surface area contributed by atoms with E-state index in [1.807, 2.05) is 22.9 Å². The number of benzene rings is 2. The maximum absolute atomic E-state index is 9.65. The zero-order chi connectivity index (χ0) is 17.9. The van der Waals surface area contributed by atoms with Gasteiger partial charge in [0.2, 0.25) is 0 Å². The lowest BCUT2D eigenvalue weighted by molar-refractivity contribution is 0.474. The second kappa shape index (κ2) is 7.19. The fraction of sp³-hybridized carbons (Fsp3) is 0.250. The summed E-state index contributed by atoms with van der Waals surface area (Å²) >= 11 is 0. The fourth-order valence-electron chi connectivity index (χ4n) is 3.36. The van der Waals surface area contributed by atoms with Crippen molar-refractivity contribution >= 4 is 5.69 Å². The Bertz CT molecular complexity index is 860. The van der Waals surface area contributed by atoms with Gasteiger partial charge in [-0.25, -0.2) is 15.8 Å². The van der Waals surface area contributed by atoms with Gasteiger partial charge in [0.15, 0.2) is 0 Å². The van der Waals surface area contributed by atoms with Gasteiger partial charge in [-0.3, -0.25) is 0 Å². The van der Waals surface area contributed by atoms with Gasteiger partial charge in [0.1, 0.15) is 5.75 Å². The van der Waals surface area contributed by atoms with Crippen molar-refractivity contribution in [3.63, 3.8) is 0 Å². The first-order valence-electron chi connectivity index (χ1n) is 8.90. The Labute approximate surface area is 152 Å². The van der Waals surface area contributed by atoms with E-state index in [4.69, 9.17) is 0 Å². The molecule has 4 rings (SSSR count). The van der Waals surface area contributed by atoms with Gasteiger partial charge in [-0.2, -0.15) is 0 Å². The van der Waals surface area contributed by atoms with E-state index in [2.05, 4.69) is 52.3 Å². The van der Waals surface area contributed by atoms with Crippen molar-refractivity contribution in [3.05, 3.63) is 72.3 Å². The van der Waals surface area contributed by atoms with Crippen LogP contribution in [0.25, 0.3) is 5.69 Å². The van der Waals surface area contributed by atoms with E-state index in [-0.39, 0.29) is 12.2 Å². The quantitative estimate of drug-likeness (QED) is 0.533. The van der Waals surface area contributed by atoms with Crippen molar-refractivity contribution in [2.24, 2.45) is 0 Å². The average molecular weight is 349 g/mol. The number of nitrogens with one attached hydrogen (secondary N) is 3. The lowest BCUT2D eigenvalue weighted by atomic mass is 10.0. The van der Waals surface area contributed by atoms with Crippen LogP contribution in [0, 0.1) is 0 Å². The summed E-state index contributed by atoms with van der Waals surface area (Å²) in [4.78, 5) is 4.08. The van der Waals surface area contributed by atoms with Crippen LogP contribution in [0.2, 0.25) is 0 Å². The summed E-state index contributed by atoms with van der Waals surface area (Å²) in [5.41, 5.74) is 11.2. The molecular formula is C20H23N5O. The zero-order valence-electron chi connectivity index (χ0n) is 14.7. The Morgan fingerprint density at radius 3 is 2.77 bits per heavy atom. The number of imidazole rings is 1. The summed E-state index contributed by atoms with van der Waals surface area (Å²) in [6.07, 6.45) is 7.44. The minimum Gasteiger partial charge on any atom is -0.508 e. The molecule has 0 bridgehead atoms. The largest absolute Gasteiger partial charge is 0.508 e. The molecule has 26 heavy (non-hydrogen) atoms. The minimum atomic E-state index is 0.128. The second-order valence-electron chi connectivity index (χ2n) is 6.53. The smallest absolute Gasteiger partial charge is 0.116 e. The topological polar surface area (TPSA) is 74.1 Å². The summed E-state index contributed by atoms with van der Waals surface area (Å²) in [6.45, 7) is 2.09. The molecule has 6 heteroatoms. The molecule has 2 unspecified atom stereocenters. The molecule has 134 valence electrons. The minimum absolute atomic E-state index is 0.128. The lowest BCUT2D eigenvalue weighted by Crippen LogP contribution is -2.36. The number of phenolic OH excluding ortho intramolecular Hbond substituents is 1. The van der Waals surface area contributed by atoms with Crippen molar-refractivity contribution in [2.75, 3.05) is 5.32 Å². The third-order valence-electron chi connectivity index (χ3n) is 4.80. The summed E-state index contributed by atoms with van der Waals surface area (Å²) in [7, 11) is 0. The number of hydrogen-bond donors (Lipinski definition) is 4. The molecule has 0 radical (unpaired) electrons. The summed E-state index contributed by atoms with van der Waals surface area (Å²) in [5, 5.41) is 13.2. The zero-order valence-corrected chi connectivity index (χ0v) is 14.7. The average Bonchev–Trinajstić information content (AvgIpc) is 3.35. The molecule has 1 aromatic heterocycles. The number of phenols is 1. The molecule has 1 fully saturated rings. The van der Waals surface area contributed by atoms with Gasteiger partial charge in [-0.05, 0) is 47.9 Å². The number of rotatable bonds is 5. The molecule has 1 aliphatic rings. The fourth-order valence-corrected chi connectivity index (χ4v) is 3.36. The lowest BCUT2D eigenvalue weighted by Gasteiger charge is -2.17. The number of aryl methyl sites for hydroxylation is 1. The molecule has 4 N–H and O–H groups in total. The first kappa shape index (κ1) is 16.6. The molecule has 1 saturated heterocycles. The summed E-state index contributed by atoms with van der Waals surface area (Å²) in [6, 6.07) is 14.2. The molecule has 0 aliphatic carbocycles. The van der Waals surface area contributed by atoms with Crippen LogP contribution in [-0.2, 0) is 6.42 Å². The van der Waals surface area contributed by atoms with E-state index in [0.717, 1.165) is 29.8 Å². The standard InChI is InChI=1S/C20H23N5O/c1-2-14-11-17(26)7-8-18(14)22-20-12-19(23-24-20)15-3-5-16(6-4-15)25-10-9-21-13-25/h3-11,13,19-20,22-24,26H,2,12H2,1H3. The molecular weight excluding hydrogens is 326 g/mol. The molecule has 2 heterocycles. The van der Waals surface area contributed by atoms with Crippen molar-refractivity contribution in [1.29, 1.82) is 0 Å². The predicted octanol–water partition coefficient (Wildman–Crippen LogP) is 3.12. The van der Waals surface area contributed by atoms with Gasteiger partial charge in [0, 0.05) is 36.2 Å². The van der Waals surface area contributed by atoms with E-state index < -0.39 is 0 Å². The van der Waals surface area contributed by atoms with E-state index in [1.54, 1.807) is 18.6 Å². The van der Waals surface area contributed by atoms with Crippen molar-refractivity contribution in [1.82, 2.24) is 20.4 Å². The molecule has 6 nitrogen and oxygen atoms in total. The van der Waals surface area contributed by atoms with E-state index in [1.165, 1.54) is 5.56 Å². The Morgan fingerprint density at radius 1 is 1.19 bits per heavy atom. The SMILES string of the molecule is CCc1cc(O)ccc1NC1CC(c2ccc(-n3ccnc3)cc2)NN1. The van der Waals surface area contributed by atoms with Crippen LogP contribution in [0.15, 0.2) is 61.2 Å². The number of aromatic hydroxyl groups is 1. The van der Waals surface area contributed by atoms with Gasteiger partial charge in [0.05, 0.1) is 12.5 Å². The highest BCUT2D eigenvalue weighted by molar-refractivity contribution is 5.54. The third kappa shape index (κ3) is 3.42. The molecule has 3 aromatic rings. The van der Waals surface area contributed by atoms with Crippen LogP contribution in [0.4, 0.5) is 5.69 Å². The van der Waals surface area contributed by atoms with Crippen LogP contribution < -0.4 is 16.2 Å². The molecule has 0 amide bonds. The van der Waals surface area contributed by atoms with Crippen LogP contribution in [0.1, 0.15) is 30.5 Å². The maximum Gasteiger partial charge on any atom is 0.116 e. The monoisotopic (exact) mass is 349 g/mol. The van der Waals surface area contributed by atoms with Gasteiger partial charge in [-0.1, -0.05) is 19.1 Å². The Balaban J connectivity index is 1.42. The van der Waals surface area contributed by atoms with E-state index >= 15 is 0 Å². The van der Waals surface area contributed by atoms with Gasteiger partial charge < -0.3 is 15.0 Å². The molecule has 0 saturated carbocycles. The predicted molar refractivity (Wildman–Crippen MR) is 102 cm³/mol. The number of nitrogens with zero attached hydrogens (tertiary/aromatic N) is 2. The van der Waals surface area contributed by atoms with Crippen molar-refractivity contribution in [2.45, 2.75) is 32.0 Å². The summed E-state index contributed by atoms with van der Waals surface area (Å²) in [5.74, 6) is 0.306. The first-order chi connectivity index (χ1) is 12.7. The normalized spacial score (nSPS) is 19.6. The van der Waals surface area contributed by atoms with Gasteiger partial charge >= 0.3 is 0 Å². The Morgan fingerprint density at radius 2 is 2.04 bits per heavy atom. The Kier molecular flexibility index (Phi) is 4.60. The summed E-state index contributed by atoms with van der Waals surface area (Å²) < 4.78 is 1.99. The van der Waals surface area contributed by atoms with Crippen LogP contribution >= 0.6 is 0 Å². The molecule has 2 aromatic carbocycles. The van der Waals surface area contributed by atoms with Gasteiger partial charge in [0.25, 0.3) is 0 Å².